The number of amides is 1. The number of piperazine rings is 1. The molecule has 12 nitrogen and oxygen atoms in total. The van der Waals surface area contributed by atoms with Crippen LogP contribution in [0.1, 0.15) is 11.1 Å². The number of likely N-dealkylation sites (N-methyl/N-ethyl adjacent to an activating group) is 1. The summed E-state index contributed by atoms with van der Waals surface area (Å²) in [6.45, 7) is 4.24. The van der Waals surface area contributed by atoms with Gasteiger partial charge in [-0.15, -0.1) is 0 Å². The van der Waals surface area contributed by atoms with Crippen LogP contribution in [0.3, 0.4) is 0 Å². The average molecular weight is 624 g/mol. The van der Waals surface area contributed by atoms with Crippen LogP contribution in [-0.4, -0.2) is 95.0 Å². The number of nitriles is 1. The van der Waals surface area contributed by atoms with Crippen molar-refractivity contribution in [3.8, 4) is 28.3 Å². The number of sulfone groups is 1. The molecule has 5 aromatic rings. The lowest BCUT2D eigenvalue weighted by Crippen LogP contribution is -2.46. The van der Waals surface area contributed by atoms with Gasteiger partial charge in [-0.1, -0.05) is 12.1 Å². The number of pyridine rings is 2. The summed E-state index contributed by atoms with van der Waals surface area (Å²) in [4.78, 5) is 23.4. The molecule has 1 saturated heterocycles. The first-order valence-corrected chi connectivity index (χ1v) is 16.4. The van der Waals surface area contributed by atoms with Crippen LogP contribution in [0.4, 0.5) is 5.82 Å². The van der Waals surface area contributed by atoms with Crippen LogP contribution in [0.2, 0.25) is 0 Å². The third-order valence-corrected chi connectivity index (χ3v) is 9.14. The van der Waals surface area contributed by atoms with E-state index in [4.69, 9.17) is 4.98 Å². The maximum Gasteiger partial charge on any atom is 0.243 e. The first-order chi connectivity index (χ1) is 21.6. The van der Waals surface area contributed by atoms with Gasteiger partial charge in [-0.25, -0.2) is 17.9 Å². The van der Waals surface area contributed by atoms with Crippen molar-refractivity contribution in [2.75, 3.05) is 51.4 Å². The molecular formula is C32H33N9O3S. The maximum absolute atomic E-state index is 12.2. The lowest BCUT2D eigenvalue weighted by atomic mass is 10.0. The quantitative estimate of drug-likeness (QED) is 0.256. The van der Waals surface area contributed by atoms with Crippen LogP contribution >= 0.6 is 0 Å². The predicted molar refractivity (Wildman–Crippen MR) is 170 cm³/mol. The van der Waals surface area contributed by atoms with Crippen LogP contribution < -0.4 is 4.90 Å². The van der Waals surface area contributed by atoms with Gasteiger partial charge in [0.25, 0.3) is 0 Å². The van der Waals surface area contributed by atoms with E-state index < -0.39 is 9.84 Å². The summed E-state index contributed by atoms with van der Waals surface area (Å²) in [5.74, 6) is 0.823. The van der Waals surface area contributed by atoms with Crippen molar-refractivity contribution < 1.29 is 13.2 Å². The Kier molecular flexibility index (Phi) is 8.09. The van der Waals surface area contributed by atoms with E-state index >= 15 is 0 Å². The van der Waals surface area contributed by atoms with E-state index in [0.717, 1.165) is 66.4 Å². The van der Waals surface area contributed by atoms with Crippen LogP contribution in [-0.2, 0) is 27.7 Å². The Bertz CT molecular complexity index is 2000. The van der Waals surface area contributed by atoms with E-state index in [-0.39, 0.29) is 12.5 Å². The molecule has 0 unspecified atom stereocenters. The molecule has 1 aliphatic rings. The molecule has 0 saturated carbocycles. The highest BCUT2D eigenvalue weighted by Gasteiger charge is 2.20. The van der Waals surface area contributed by atoms with E-state index in [0.29, 0.717) is 16.0 Å². The second kappa shape index (κ2) is 12.1. The van der Waals surface area contributed by atoms with Gasteiger partial charge in [0.1, 0.15) is 18.4 Å². The van der Waals surface area contributed by atoms with Gasteiger partial charge in [-0.2, -0.15) is 15.5 Å². The Morgan fingerprint density at radius 1 is 0.933 bits per heavy atom. The Hall–Kier alpha value is -5.06. The number of nitrogens with zero attached hydrogens (tertiary/aromatic N) is 9. The van der Waals surface area contributed by atoms with Gasteiger partial charge in [-0.05, 0) is 35.9 Å². The molecule has 13 heteroatoms. The van der Waals surface area contributed by atoms with Gasteiger partial charge in [0.2, 0.25) is 5.91 Å². The molecule has 1 aliphatic heterocycles. The smallest absolute Gasteiger partial charge is 0.243 e. The number of carbonyl (C=O) groups is 1. The average Bonchev–Trinajstić information content (AvgIpc) is 3.68. The van der Waals surface area contributed by atoms with Crippen molar-refractivity contribution in [3.63, 3.8) is 0 Å². The molecule has 0 bridgehead atoms. The van der Waals surface area contributed by atoms with Gasteiger partial charge < -0.3 is 9.80 Å². The summed E-state index contributed by atoms with van der Waals surface area (Å²) >= 11 is 0. The molecule has 0 N–H and O–H groups in total. The third-order valence-electron chi connectivity index (χ3n) is 8.01. The van der Waals surface area contributed by atoms with Gasteiger partial charge in [0.05, 0.1) is 28.4 Å². The normalized spacial score (nSPS) is 14.0. The number of hydrogen-bond acceptors (Lipinski definition) is 9. The Balaban J connectivity index is 1.19. The minimum Gasteiger partial charge on any atom is -0.354 e. The number of aromatic nitrogens is 5. The number of rotatable bonds is 8. The zero-order valence-electron chi connectivity index (χ0n) is 25.3. The fraction of sp³-hybridized carbons (Fsp3) is 0.281. The molecule has 6 rings (SSSR count). The minimum atomic E-state index is -3.20. The monoisotopic (exact) mass is 623 g/mol. The molecule has 0 radical (unpaired) electrons. The molecule has 5 heterocycles. The van der Waals surface area contributed by atoms with Crippen molar-refractivity contribution >= 4 is 27.1 Å². The van der Waals surface area contributed by atoms with Crippen LogP contribution in [0.25, 0.3) is 27.8 Å². The topological polar surface area (TPSA) is 133 Å². The van der Waals surface area contributed by atoms with E-state index in [1.807, 2.05) is 48.9 Å². The number of fused-ring (bicyclic) bond motifs is 1. The van der Waals surface area contributed by atoms with Crippen molar-refractivity contribution in [1.82, 2.24) is 34.2 Å². The molecule has 0 spiro atoms. The fourth-order valence-electron chi connectivity index (χ4n) is 5.43. The molecule has 1 amide bonds. The number of anilines is 1. The zero-order valence-corrected chi connectivity index (χ0v) is 26.1. The molecule has 230 valence electrons. The Morgan fingerprint density at radius 3 is 2.33 bits per heavy atom. The van der Waals surface area contributed by atoms with Crippen molar-refractivity contribution in [1.29, 1.82) is 5.26 Å². The molecule has 1 aromatic carbocycles. The van der Waals surface area contributed by atoms with Crippen LogP contribution in [0, 0.1) is 11.3 Å². The molecule has 1 fully saturated rings. The van der Waals surface area contributed by atoms with Crippen LogP contribution in [0.5, 0.6) is 0 Å². The zero-order chi connectivity index (χ0) is 31.7. The lowest BCUT2D eigenvalue weighted by Gasteiger charge is -2.35. The summed E-state index contributed by atoms with van der Waals surface area (Å²) in [5.41, 5.74) is 5.60. The predicted octanol–water partition coefficient (Wildman–Crippen LogP) is 2.95. The summed E-state index contributed by atoms with van der Waals surface area (Å²) in [5, 5.41) is 18.6. The fourth-order valence-corrected chi connectivity index (χ4v) is 6.06. The largest absolute Gasteiger partial charge is 0.354 e. The van der Waals surface area contributed by atoms with Crippen molar-refractivity contribution in [3.05, 3.63) is 84.6 Å². The van der Waals surface area contributed by atoms with Crippen molar-refractivity contribution in [2.45, 2.75) is 18.0 Å². The van der Waals surface area contributed by atoms with E-state index in [1.165, 1.54) is 11.2 Å². The highest BCUT2D eigenvalue weighted by Crippen LogP contribution is 2.32. The number of hydrogen-bond donors (Lipinski definition) is 0. The van der Waals surface area contributed by atoms with Gasteiger partial charge in [-0.3, -0.25) is 14.4 Å². The summed E-state index contributed by atoms with van der Waals surface area (Å²) in [6, 6.07) is 15.4. The van der Waals surface area contributed by atoms with E-state index in [1.54, 1.807) is 47.8 Å². The van der Waals surface area contributed by atoms with E-state index in [2.05, 4.69) is 26.1 Å². The van der Waals surface area contributed by atoms with Gasteiger partial charge >= 0.3 is 0 Å². The summed E-state index contributed by atoms with van der Waals surface area (Å²) < 4.78 is 26.8. The highest BCUT2D eigenvalue weighted by atomic mass is 32.2. The van der Waals surface area contributed by atoms with Gasteiger partial charge in [0, 0.05) is 93.9 Å². The third kappa shape index (κ3) is 6.43. The van der Waals surface area contributed by atoms with Crippen LogP contribution in [0.15, 0.2) is 78.3 Å². The second-order valence-electron chi connectivity index (χ2n) is 11.4. The Morgan fingerprint density at radius 2 is 1.69 bits per heavy atom. The van der Waals surface area contributed by atoms with Gasteiger partial charge in [0.15, 0.2) is 9.84 Å². The Labute approximate surface area is 261 Å². The lowest BCUT2D eigenvalue weighted by molar-refractivity contribution is -0.129. The second-order valence-corrected chi connectivity index (χ2v) is 13.4. The highest BCUT2D eigenvalue weighted by molar-refractivity contribution is 7.90. The number of benzene rings is 1. The summed E-state index contributed by atoms with van der Waals surface area (Å²) in [7, 11) is 0.219. The first kappa shape index (κ1) is 30.0. The van der Waals surface area contributed by atoms with E-state index in [9.17, 15) is 18.5 Å². The minimum absolute atomic E-state index is 0.0552. The molecule has 45 heavy (non-hydrogen) atoms. The summed E-state index contributed by atoms with van der Waals surface area (Å²) in [6.07, 6.45) is 10.0. The molecular weight excluding hydrogens is 590 g/mol. The molecule has 0 aliphatic carbocycles. The molecule has 0 atom stereocenters. The SMILES string of the molecule is CN(C)C(=O)Cn1cc(-c2cc(-c3ccc(N4CCN(Cc5ccc(S(C)(=O)=O)cc5)CC4)nc3)c3c(C#N)cnn3c2)cn1. The standard InChI is InChI=1S/C32H33N9O3S/c1-37(2)31(42)22-40-20-27(18-35-40)25-14-29(32-26(15-33)17-36-41(32)21-25)24-6-9-30(34-16-24)39-12-10-38(11-13-39)19-23-4-7-28(8-5-23)45(3,43)44/h4-9,14,16-18,20-21H,10-13,19,22H2,1-3H3. The maximum atomic E-state index is 12.2. The molecule has 4 aromatic heterocycles. The first-order valence-electron chi connectivity index (χ1n) is 14.5. The number of carbonyl (C=O) groups excluding carboxylic acids is 1. The van der Waals surface area contributed by atoms with Crippen molar-refractivity contribution in [2.24, 2.45) is 0 Å².